The molecule has 43 heavy (non-hydrogen) atoms. The van der Waals surface area contributed by atoms with E-state index in [1.165, 1.54) is 12.1 Å². The smallest absolute Gasteiger partial charge is 0.367 e. The van der Waals surface area contributed by atoms with Crippen LogP contribution < -0.4 is 26.2 Å². The summed E-state index contributed by atoms with van der Waals surface area (Å²) in [6.07, 6.45) is -5.61. The maximum absolute atomic E-state index is 15.0. The fourth-order valence-corrected chi connectivity index (χ4v) is 5.00. The molecule has 0 saturated carbocycles. The van der Waals surface area contributed by atoms with Crippen LogP contribution in [0.2, 0.25) is 5.02 Å². The molecule has 2 saturated heterocycles. The first-order valence-corrected chi connectivity index (χ1v) is 13.6. The molecule has 4 rings (SSSR count). The van der Waals surface area contributed by atoms with Gasteiger partial charge in [-0.1, -0.05) is 17.7 Å². The van der Waals surface area contributed by atoms with Gasteiger partial charge in [0, 0.05) is 49.4 Å². The molecule has 2 aromatic carbocycles. The SMILES string of the molecule is C[C@@H]1CN(c2cc(Cl)ccc2NC(=O)c2ccc(CNC(=O)C[C@H]3NC(=O)NC3=O)c(F)c2F)CCN1CCC(F)(F)F. The molecule has 232 valence electrons. The zero-order chi connectivity index (χ0) is 31.5. The number of carbonyl (C=O) groups excluding carboxylic acids is 4. The molecule has 0 radical (unpaired) electrons. The van der Waals surface area contributed by atoms with Gasteiger partial charge >= 0.3 is 12.2 Å². The van der Waals surface area contributed by atoms with E-state index in [1.807, 2.05) is 10.2 Å². The van der Waals surface area contributed by atoms with Gasteiger partial charge in [0.1, 0.15) is 6.04 Å². The molecular weight excluding hydrogens is 603 g/mol. The van der Waals surface area contributed by atoms with E-state index in [4.69, 9.17) is 11.6 Å². The van der Waals surface area contributed by atoms with E-state index in [-0.39, 0.29) is 23.8 Å². The van der Waals surface area contributed by atoms with Gasteiger partial charge in [-0.25, -0.2) is 13.6 Å². The van der Waals surface area contributed by atoms with Crippen LogP contribution in [0.3, 0.4) is 0 Å². The van der Waals surface area contributed by atoms with E-state index in [0.29, 0.717) is 30.3 Å². The highest BCUT2D eigenvalue weighted by Crippen LogP contribution is 2.32. The molecular formula is C27H28ClF5N6O4. The third-order valence-electron chi connectivity index (χ3n) is 7.13. The first-order chi connectivity index (χ1) is 20.2. The summed E-state index contributed by atoms with van der Waals surface area (Å²) in [5, 5.41) is 9.44. The number of alkyl halides is 3. The van der Waals surface area contributed by atoms with Gasteiger partial charge in [0.2, 0.25) is 5.91 Å². The summed E-state index contributed by atoms with van der Waals surface area (Å²) < 4.78 is 67.9. The zero-order valence-corrected chi connectivity index (χ0v) is 23.5. The van der Waals surface area contributed by atoms with E-state index < -0.39 is 72.6 Å². The number of imide groups is 1. The Labute approximate surface area is 247 Å². The molecule has 0 aromatic heterocycles. The molecule has 4 N–H and O–H groups in total. The van der Waals surface area contributed by atoms with Crippen LogP contribution in [-0.4, -0.2) is 73.1 Å². The second-order valence-electron chi connectivity index (χ2n) is 10.2. The maximum atomic E-state index is 15.0. The number of halogens is 6. The molecule has 2 atom stereocenters. The monoisotopic (exact) mass is 630 g/mol. The quantitative estimate of drug-likeness (QED) is 0.248. The lowest BCUT2D eigenvalue weighted by molar-refractivity contribution is -0.139. The van der Waals surface area contributed by atoms with Gasteiger partial charge in [-0.05, 0) is 31.2 Å². The highest BCUT2D eigenvalue weighted by Gasteiger charge is 2.33. The van der Waals surface area contributed by atoms with Gasteiger partial charge in [-0.3, -0.25) is 24.6 Å². The minimum atomic E-state index is -4.27. The molecule has 2 aliphatic rings. The molecule has 2 fully saturated rings. The van der Waals surface area contributed by atoms with Crippen molar-refractivity contribution < 1.29 is 41.1 Å². The van der Waals surface area contributed by atoms with Crippen molar-refractivity contribution in [1.29, 1.82) is 0 Å². The topological polar surface area (TPSA) is 123 Å². The van der Waals surface area contributed by atoms with Gasteiger partial charge in [0.15, 0.2) is 11.6 Å². The number of amides is 5. The van der Waals surface area contributed by atoms with Crippen LogP contribution in [0.5, 0.6) is 0 Å². The fraction of sp³-hybridized carbons (Fsp3) is 0.407. The average Bonchev–Trinajstić information content (AvgIpc) is 3.24. The maximum Gasteiger partial charge on any atom is 0.390 e. The van der Waals surface area contributed by atoms with Gasteiger partial charge in [-0.15, -0.1) is 0 Å². The normalized spacial score (nSPS) is 19.2. The first-order valence-electron chi connectivity index (χ1n) is 13.2. The second kappa shape index (κ2) is 13.1. The molecule has 0 spiro atoms. The summed E-state index contributed by atoms with van der Waals surface area (Å²) in [7, 11) is 0. The second-order valence-corrected chi connectivity index (χ2v) is 10.6. The van der Waals surface area contributed by atoms with Crippen molar-refractivity contribution in [2.45, 2.75) is 44.6 Å². The third-order valence-corrected chi connectivity index (χ3v) is 7.36. The van der Waals surface area contributed by atoms with Crippen molar-refractivity contribution in [3.63, 3.8) is 0 Å². The summed E-state index contributed by atoms with van der Waals surface area (Å²) in [5.41, 5.74) is -0.156. The molecule has 0 bridgehead atoms. The Morgan fingerprint density at radius 2 is 1.84 bits per heavy atom. The molecule has 0 aliphatic carbocycles. The third kappa shape index (κ3) is 8.10. The number of piperazine rings is 1. The number of hydrogen-bond acceptors (Lipinski definition) is 6. The van der Waals surface area contributed by atoms with Crippen molar-refractivity contribution >= 4 is 46.7 Å². The highest BCUT2D eigenvalue weighted by atomic mass is 35.5. The number of hydrogen-bond donors (Lipinski definition) is 4. The van der Waals surface area contributed by atoms with E-state index >= 15 is 0 Å². The minimum absolute atomic E-state index is 0.141. The van der Waals surface area contributed by atoms with E-state index in [1.54, 1.807) is 17.9 Å². The Morgan fingerprint density at radius 1 is 1.09 bits per heavy atom. The van der Waals surface area contributed by atoms with E-state index in [9.17, 15) is 41.1 Å². The van der Waals surface area contributed by atoms with Crippen LogP contribution >= 0.6 is 11.6 Å². The summed E-state index contributed by atoms with van der Waals surface area (Å²) in [6.45, 7) is 2.21. The predicted molar refractivity (Wildman–Crippen MR) is 147 cm³/mol. The average molecular weight is 631 g/mol. The van der Waals surface area contributed by atoms with Crippen molar-refractivity contribution in [2.24, 2.45) is 0 Å². The van der Waals surface area contributed by atoms with Gasteiger partial charge in [0.05, 0.1) is 29.8 Å². The largest absolute Gasteiger partial charge is 0.390 e. The van der Waals surface area contributed by atoms with Gasteiger partial charge in [-0.2, -0.15) is 13.2 Å². The first kappa shape index (κ1) is 31.9. The summed E-state index contributed by atoms with van der Waals surface area (Å²) >= 11 is 6.18. The van der Waals surface area contributed by atoms with E-state index in [2.05, 4.69) is 16.0 Å². The van der Waals surface area contributed by atoms with Crippen molar-refractivity contribution in [3.8, 4) is 0 Å². The summed E-state index contributed by atoms with van der Waals surface area (Å²) in [6, 6.07) is 4.66. The van der Waals surface area contributed by atoms with Crippen LogP contribution in [0.4, 0.5) is 38.1 Å². The number of anilines is 2. The fourth-order valence-electron chi connectivity index (χ4n) is 4.83. The molecule has 0 unspecified atom stereocenters. The minimum Gasteiger partial charge on any atom is -0.367 e. The Bertz CT molecular complexity index is 1420. The number of nitrogens with one attached hydrogen (secondary N) is 4. The lowest BCUT2D eigenvalue weighted by Crippen LogP contribution is -2.52. The molecule has 2 aromatic rings. The molecule has 5 amide bonds. The van der Waals surface area contributed by atoms with Crippen molar-refractivity contribution in [2.75, 3.05) is 36.4 Å². The summed E-state index contributed by atoms with van der Waals surface area (Å²) in [5.74, 6) is -5.16. The lowest BCUT2D eigenvalue weighted by Gasteiger charge is -2.41. The Balaban J connectivity index is 1.41. The molecule has 2 aliphatic heterocycles. The number of rotatable bonds is 9. The lowest BCUT2D eigenvalue weighted by atomic mass is 10.1. The van der Waals surface area contributed by atoms with Crippen LogP contribution in [0.15, 0.2) is 30.3 Å². The standard InChI is InChI=1S/C27H28ClF5N6O4/c1-14-13-39(9-8-38(14)7-6-27(31,32)33)20-10-16(28)3-5-18(20)35-24(41)17-4-2-15(22(29)23(17)30)12-34-21(40)11-19-25(42)37-26(43)36-19/h2-5,10,14,19H,6-9,11-13H2,1H3,(H,34,40)(H,35,41)(H2,36,37,42,43)/t14-,19-/m1/s1. The Morgan fingerprint density at radius 3 is 2.49 bits per heavy atom. The molecule has 2 heterocycles. The van der Waals surface area contributed by atoms with Crippen LogP contribution in [0.1, 0.15) is 35.7 Å². The van der Waals surface area contributed by atoms with Crippen LogP contribution in [0.25, 0.3) is 0 Å². The van der Waals surface area contributed by atoms with Crippen LogP contribution in [0, 0.1) is 11.6 Å². The van der Waals surface area contributed by atoms with Crippen molar-refractivity contribution in [3.05, 3.63) is 58.1 Å². The number of urea groups is 1. The number of benzene rings is 2. The van der Waals surface area contributed by atoms with Gasteiger partial charge in [0.25, 0.3) is 11.8 Å². The molecule has 10 nitrogen and oxygen atoms in total. The van der Waals surface area contributed by atoms with Gasteiger partial charge < -0.3 is 20.9 Å². The van der Waals surface area contributed by atoms with Crippen molar-refractivity contribution in [1.82, 2.24) is 20.9 Å². The number of carbonyl (C=O) groups is 4. The predicted octanol–water partition coefficient (Wildman–Crippen LogP) is 3.55. The van der Waals surface area contributed by atoms with E-state index in [0.717, 1.165) is 12.1 Å². The summed E-state index contributed by atoms with van der Waals surface area (Å²) in [4.78, 5) is 51.4. The number of nitrogens with zero attached hydrogens (tertiary/aromatic N) is 2. The highest BCUT2D eigenvalue weighted by molar-refractivity contribution is 6.31. The zero-order valence-electron chi connectivity index (χ0n) is 22.8. The molecule has 16 heteroatoms. The Kier molecular flexibility index (Phi) is 9.75. The Hall–Kier alpha value is -3.98. The van der Waals surface area contributed by atoms with Crippen LogP contribution in [-0.2, 0) is 16.1 Å².